The third kappa shape index (κ3) is 4.10. The topological polar surface area (TPSA) is 75.2 Å². The largest absolute Gasteiger partial charge is 0.348 e. The van der Waals surface area contributed by atoms with Gasteiger partial charge in [-0.1, -0.05) is 31.4 Å². The summed E-state index contributed by atoms with van der Waals surface area (Å²) in [4.78, 5) is 35.9. The molecule has 1 aromatic carbocycles. The molecule has 1 aliphatic carbocycles. The van der Waals surface area contributed by atoms with Crippen molar-refractivity contribution >= 4 is 22.8 Å². The zero-order valence-electron chi connectivity index (χ0n) is 15.6. The van der Waals surface area contributed by atoms with Crippen molar-refractivity contribution in [1.29, 1.82) is 0 Å². The van der Waals surface area contributed by atoms with Crippen molar-refractivity contribution in [3.63, 3.8) is 0 Å². The smallest absolute Gasteiger partial charge is 0.271 e. The van der Waals surface area contributed by atoms with Crippen LogP contribution in [0, 0.1) is 5.92 Å². The van der Waals surface area contributed by atoms with Gasteiger partial charge in [0.05, 0.1) is 17.2 Å². The second kappa shape index (κ2) is 8.03. The zero-order chi connectivity index (χ0) is 18.6. The number of likely N-dealkylation sites (tertiary alicyclic amines) is 1. The highest BCUT2D eigenvalue weighted by Crippen LogP contribution is 2.26. The number of carbonyl (C=O) groups is 2. The number of carbonyl (C=O) groups excluding carboxylic acids is 2. The molecule has 2 aromatic rings. The average Bonchev–Trinajstić information content (AvgIpc) is 2.74. The Morgan fingerprint density at radius 2 is 1.67 bits per heavy atom. The summed E-state index contributed by atoms with van der Waals surface area (Å²) in [5, 5.41) is 3.06. The first-order valence-electron chi connectivity index (χ1n) is 10.0. The predicted octanol–water partition coefficient (Wildman–Crippen LogP) is 2.93. The summed E-state index contributed by atoms with van der Waals surface area (Å²) in [7, 11) is 0. The molecule has 0 spiro atoms. The summed E-state index contributed by atoms with van der Waals surface area (Å²) in [5.41, 5.74) is 1.84. The van der Waals surface area contributed by atoms with Crippen LogP contribution in [0.4, 0.5) is 0 Å². The van der Waals surface area contributed by atoms with Gasteiger partial charge in [-0.2, -0.15) is 0 Å². The van der Waals surface area contributed by atoms with Gasteiger partial charge >= 0.3 is 0 Å². The normalized spacial score (nSPS) is 19.2. The van der Waals surface area contributed by atoms with Gasteiger partial charge in [-0.05, 0) is 37.8 Å². The van der Waals surface area contributed by atoms with Gasteiger partial charge in [-0.25, -0.2) is 4.98 Å². The molecule has 0 radical (unpaired) electrons. The summed E-state index contributed by atoms with van der Waals surface area (Å²) in [6.07, 6.45) is 8.81. The van der Waals surface area contributed by atoms with Crippen LogP contribution in [0.2, 0.25) is 0 Å². The Morgan fingerprint density at radius 1 is 0.963 bits per heavy atom. The first-order valence-corrected chi connectivity index (χ1v) is 10.0. The SMILES string of the molecule is O=C(NC1CCN(C(=O)C2CCCCC2)CC1)c1cnc2ccccc2n1. The van der Waals surface area contributed by atoms with Gasteiger partial charge < -0.3 is 10.2 Å². The summed E-state index contributed by atoms with van der Waals surface area (Å²) in [5.74, 6) is 0.350. The van der Waals surface area contributed by atoms with Crippen LogP contribution >= 0.6 is 0 Å². The fourth-order valence-electron chi connectivity index (χ4n) is 4.18. The Bertz CT molecular complexity index is 824. The Labute approximate surface area is 159 Å². The Balaban J connectivity index is 1.31. The van der Waals surface area contributed by atoms with Gasteiger partial charge in [0, 0.05) is 25.0 Å². The summed E-state index contributed by atoms with van der Waals surface area (Å²) >= 11 is 0. The van der Waals surface area contributed by atoms with E-state index in [9.17, 15) is 9.59 Å². The highest BCUT2D eigenvalue weighted by atomic mass is 16.2. The third-order valence-electron chi connectivity index (χ3n) is 5.78. The van der Waals surface area contributed by atoms with Gasteiger partial charge in [0.25, 0.3) is 5.91 Å². The van der Waals surface area contributed by atoms with E-state index >= 15 is 0 Å². The molecule has 6 nitrogen and oxygen atoms in total. The highest BCUT2D eigenvalue weighted by molar-refractivity contribution is 5.94. The average molecular weight is 366 g/mol. The van der Waals surface area contributed by atoms with E-state index in [4.69, 9.17) is 0 Å². The molecule has 142 valence electrons. The van der Waals surface area contributed by atoms with Gasteiger partial charge in [-0.3, -0.25) is 14.6 Å². The molecule has 2 fully saturated rings. The number of nitrogens with zero attached hydrogens (tertiary/aromatic N) is 3. The van der Waals surface area contributed by atoms with Crippen molar-refractivity contribution in [2.75, 3.05) is 13.1 Å². The van der Waals surface area contributed by atoms with Gasteiger partial charge in [-0.15, -0.1) is 0 Å². The monoisotopic (exact) mass is 366 g/mol. The number of para-hydroxylation sites is 2. The van der Waals surface area contributed by atoms with E-state index in [0.717, 1.165) is 49.8 Å². The summed E-state index contributed by atoms with van der Waals surface area (Å²) < 4.78 is 0. The third-order valence-corrected chi connectivity index (χ3v) is 5.78. The van der Waals surface area contributed by atoms with Crippen molar-refractivity contribution in [3.05, 3.63) is 36.2 Å². The van der Waals surface area contributed by atoms with Crippen LogP contribution < -0.4 is 5.32 Å². The molecule has 4 rings (SSSR count). The van der Waals surface area contributed by atoms with Crippen LogP contribution in [0.1, 0.15) is 55.4 Å². The van der Waals surface area contributed by atoms with Crippen LogP contribution in [0.5, 0.6) is 0 Å². The molecule has 1 saturated carbocycles. The summed E-state index contributed by atoms with van der Waals surface area (Å²) in [6, 6.07) is 7.61. The van der Waals surface area contributed by atoms with Crippen molar-refractivity contribution in [3.8, 4) is 0 Å². The molecule has 0 bridgehead atoms. The predicted molar refractivity (Wildman–Crippen MR) is 103 cm³/mol. The molecule has 6 heteroatoms. The van der Waals surface area contributed by atoms with E-state index < -0.39 is 0 Å². The van der Waals surface area contributed by atoms with E-state index in [1.165, 1.54) is 25.5 Å². The minimum absolute atomic E-state index is 0.0844. The maximum absolute atomic E-state index is 12.6. The second-order valence-electron chi connectivity index (χ2n) is 7.65. The van der Waals surface area contributed by atoms with Crippen molar-refractivity contribution < 1.29 is 9.59 Å². The number of fused-ring (bicyclic) bond motifs is 1. The van der Waals surface area contributed by atoms with Crippen molar-refractivity contribution in [2.45, 2.75) is 51.0 Å². The molecule has 2 heterocycles. The van der Waals surface area contributed by atoms with Crippen LogP contribution in [0.15, 0.2) is 30.5 Å². The quantitative estimate of drug-likeness (QED) is 0.906. The number of rotatable bonds is 3. The first kappa shape index (κ1) is 17.9. The van der Waals surface area contributed by atoms with Crippen LogP contribution in [0.3, 0.4) is 0 Å². The van der Waals surface area contributed by atoms with Crippen molar-refractivity contribution in [1.82, 2.24) is 20.2 Å². The van der Waals surface area contributed by atoms with E-state index in [2.05, 4.69) is 15.3 Å². The lowest BCUT2D eigenvalue weighted by Gasteiger charge is -2.35. The Morgan fingerprint density at radius 3 is 2.41 bits per heavy atom. The standard InChI is InChI=1S/C21H26N4O2/c26-20(19-14-22-17-8-4-5-9-18(17)24-19)23-16-10-12-25(13-11-16)21(27)15-6-2-1-3-7-15/h4-5,8-9,14-16H,1-3,6-7,10-13H2,(H,23,26). The molecule has 0 atom stereocenters. The van der Waals surface area contributed by atoms with E-state index in [0.29, 0.717) is 11.6 Å². The molecular formula is C21H26N4O2. The molecule has 1 aliphatic heterocycles. The van der Waals surface area contributed by atoms with Crippen LogP contribution in [-0.2, 0) is 4.79 Å². The lowest BCUT2D eigenvalue weighted by molar-refractivity contribution is -0.137. The lowest BCUT2D eigenvalue weighted by Crippen LogP contribution is -2.48. The van der Waals surface area contributed by atoms with Crippen LogP contribution in [0.25, 0.3) is 11.0 Å². The summed E-state index contributed by atoms with van der Waals surface area (Å²) in [6.45, 7) is 1.45. The molecular weight excluding hydrogens is 340 g/mol. The first-order chi connectivity index (χ1) is 13.2. The van der Waals surface area contributed by atoms with Gasteiger partial charge in [0.15, 0.2) is 0 Å². The molecule has 0 unspecified atom stereocenters. The maximum Gasteiger partial charge on any atom is 0.271 e. The van der Waals surface area contributed by atoms with Gasteiger partial charge in [0.1, 0.15) is 5.69 Å². The maximum atomic E-state index is 12.6. The number of benzene rings is 1. The molecule has 1 saturated heterocycles. The fraction of sp³-hybridized carbons (Fsp3) is 0.524. The Hall–Kier alpha value is -2.50. The van der Waals surface area contributed by atoms with Crippen LogP contribution in [-0.4, -0.2) is 45.8 Å². The number of amides is 2. The lowest BCUT2D eigenvalue weighted by atomic mass is 9.87. The number of hydrogen-bond acceptors (Lipinski definition) is 4. The highest BCUT2D eigenvalue weighted by Gasteiger charge is 2.29. The van der Waals surface area contributed by atoms with Crippen molar-refractivity contribution in [2.24, 2.45) is 5.92 Å². The molecule has 2 aliphatic rings. The minimum atomic E-state index is -0.190. The molecule has 1 aromatic heterocycles. The minimum Gasteiger partial charge on any atom is -0.348 e. The second-order valence-corrected chi connectivity index (χ2v) is 7.65. The number of piperidine rings is 1. The number of aromatic nitrogens is 2. The van der Waals surface area contributed by atoms with E-state index in [1.807, 2.05) is 29.2 Å². The zero-order valence-corrected chi connectivity index (χ0v) is 15.6. The van der Waals surface area contributed by atoms with E-state index in [1.54, 1.807) is 0 Å². The molecule has 2 amide bonds. The Kier molecular flexibility index (Phi) is 5.32. The molecule has 27 heavy (non-hydrogen) atoms. The van der Waals surface area contributed by atoms with Gasteiger partial charge in [0.2, 0.25) is 5.91 Å². The molecule has 1 N–H and O–H groups in total. The number of hydrogen-bond donors (Lipinski definition) is 1. The number of nitrogens with one attached hydrogen (secondary N) is 1. The van der Waals surface area contributed by atoms with E-state index in [-0.39, 0.29) is 17.9 Å². The fourth-order valence-corrected chi connectivity index (χ4v) is 4.18.